The molecule has 0 heterocycles. The van der Waals surface area contributed by atoms with Crippen molar-refractivity contribution in [3.63, 3.8) is 0 Å². The molecule has 0 aliphatic carbocycles. The number of benzene rings is 2. The van der Waals surface area contributed by atoms with E-state index in [1.54, 1.807) is 0 Å². The number of halogens is 2. The SMILES string of the molecule is Cc1ccc(CCNS(=O)(=O)c2ccc(F)c(F)c2)c(C)c1. The van der Waals surface area contributed by atoms with Crippen LogP contribution in [-0.4, -0.2) is 15.0 Å². The first-order chi connectivity index (χ1) is 10.3. The van der Waals surface area contributed by atoms with Crippen LogP contribution in [0.1, 0.15) is 16.7 Å². The molecule has 2 rings (SSSR count). The van der Waals surface area contributed by atoms with E-state index in [2.05, 4.69) is 4.72 Å². The Kier molecular flexibility index (Phi) is 4.93. The second-order valence-corrected chi connectivity index (χ2v) is 6.92. The van der Waals surface area contributed by atoms with Gasteiger partial charge in [-0.2, -0.15) is 0 Å². The minimum absolute atomic E-state index is 0.186. The maximum Gasteiger partial charge on any atom is 0.240 e. The van der Waals surface area contributed by atoms with Gasteiger partial charge in [0, 0.05) is 6.54 Å². The van der Waals surface area contributed by atoms with Crippen molar-refractivity contribution in [1.82, 2.24) is 4.72 Å². The molecule has 22 heavy (non-hydrogen) atoms. The van der Waals surface area contributed by atoms with Gasteiger partial charge in [0.25, 0.3) is 0 Å². The van der Waals surface area contributed by atoms with Crippen molar-refractivity contribution in [1.29, 1.82) is 0 Å². The van der Waals surface area contributed by atoms with Crippen molar-refractivity contribution in [2.45, 2.75) is 25.2 Å². The molecule has 0 spiro atoms. The second-order valence-electron chi connectivity index (χ2n) is 5.15. The van der Waals surface area contributed by atoms with Crippen molar-refractivity contribution in [3.8, 4) is 0 Å². The van der Waals surface area contributed by atoms with Crippen LogP contribution in [0.3, 0.4) is 0 Å². The molecule has 0 aromatic heterocycles. The van der Waals surface area contributed by atoms with Gasteiger partial charge in [0.2, 0.25) is 10.0 Å². The van der Waals surface area contributed by atoms with Gasteiger partial charge in [0.05, 0.1) is 4.90 Å². The third-order valence-electron chi connectivity index (χ3n) is 3.39. The molecule has 1 N–H and O–H groups in total. The summed E-state index contributed by atoms with van der Waals surface area (Å²) in [5.74, 6) is -2.26. The summed E-state index contributed by atoms with van der Waals surface area (Å²) in [6, 6.07) is 8.46. The first kappa shape index (κ1) is 16.6. The van der Waals surface area contributed by atoms with E-state index in [0.717, 1.165) is 28.8 Å². The van der Waals surface area contributed by atoms with E-state index < -0.39 is 21.7 Å². The molecule has 3 nitrogen and oxygen atoms in total. The Bertz CT molecular complexity index is 789. The van der Waals surface area contributed by atoms with Crippen molar-refractivity contribution < 1.29 is 17.2 Å². The summed E-state index contributed by atoms with van der Waals surface area (Å²) in [5, 5.41) is 0. The average Bonchev–Trinajstić information content (AvgIpc) is 2.44. The minimum Gasteiger partial charge on any atom is -0.211 e. The van der Waals surface area contributed by atoms with Gasteiger partial charge in [-0.15, -0.1) is 0 Å². The fraction of sp³-hybridized carbons (Fsp3) is 0.250. The molecule has 0 fully saturated rings. The standard InChI is InChI=1S/C16H17F2NO2S/c1-11-3-4-13(12(2)9-11)7-8-19-22(20,21)14-5-6-15(17)16(18)10-14/h3-6,9-10,19H,7-8H2,1-2H3. The highest BCUT2D eigenvalue weighted by Crippen LogP contribution is 2.14. The van der Waals surface area contributed by atoms with Crippen LogP contribution in [0.25, 0.3) is 0 Å². The fourth-order valence-electron chi connectivity index (χ4n) is 2.17. The molecule has 0 amide bonds. The number of hydrogen-bond acceptors (Lipinski definition) is 2. The molecule has 0 atom stereocenters. The average molecular weight is 325 g/mol. The Balaban J connectivity index is 2.05. The maximum absolute atomic E-state index is 13.1. The Morgan fingerprint density at radius 2 is 1.73 bits per heavy atom. The summed E-state index contributed by atoms with van der Waals surface area (Å²) in [6.45, 7) is 4.14. The van der Waals surface area contributed by atoms with Crippen LogP contribution in [0.4, 0.5) is 8.78 Å². The Hall–Kier alpha value is -1.79. The lowest BCUT2D eigenvalue weighted by atomic mass is 10.0. The third kappa shape index (κ3) is 3.90. The van der Waals surface area contributed by atoms with Gasteiger partial charge in [-0.25, -0.2) is 21.9 Å². The lowest BCUT2D eigenvalue weighted by molar-refractivity contribution is 0.504. The van der Waals surface area contributed by atoms with Crippen molar-refractivity contribution in [3.05, 3.63) is 64.7 Å². The highest BCUT2D eigenvalue weighted by Gasteiger charge is 2.16. The molecule has 0 unspecified atom stereocenters. The van der Waals surface area contributed by atoms with Crippen molar-refractivity contribution in [2.75, 3.05) is 6.54 Å². The van der Waals surface area contributed by atoms with Gasteiger partial charge >= 0.3 is 0 Å². The van der Waals surface area contributed by atoms with E-state index in [0.29, 0.717) is 12.5 Å². The minimum atomic E-state index is -3.85. The zero-order valence-corrected chi connectivity index (χ0v) is 13.2. The Morgan fingerprint density at radius 1 is 1.00 bits per heavy atom. The van der Waals surface area contributed by atoms with Gasteiger partial charge < -0.3 is 0 Å². The van der Waals surface area contributed by atoms with Gasteiger partial charge in [0.15, 0.2) is 11.6 Å². The normalized spacial score (nSPS) is 11.6. The lowest BCUT2D eigenvalue weighted by Crippen LogP contribution is -2.26. The molecule has 6 heteroatoms. The van der Waals surface area contributed by atoms with Gasteiger partial charge in [-0.05, 0) is 49.6 Å². The molecule has 0 bridgehead atoms. The van der Waals surface area contributed by atoms with Crippen LogP contribution < -0.4 is 4.72 Å². The zero-order chi connectivity index (χ0) is 16.3. The van der Waals surface area contributed by atoms with E-state index in [1.165, 1.54) is 0 Å². The van der Waals surface area contributed by atoms with Gasteiger partial charge in [-0.1, -0.05) is 23.8 Å². The fourth-order valence-corrected chi connectivity index (χ4v) is 3.22. The quantitative estimate of drug-likeness (QED) is 0.918. The van der Waals surface area contributed by atoms with Crippen LogP contribution in [0.5, 0.6) is 0 Å². The summed E-state index contributed by atoms with van der Waals surface area (Å²) in [6.07, 6.45) is 0.523. The van der Waals surface area contributed by atoms with Crippen LogP contribution in [0.2, 0.25) is 0 Å². The van der Waals surface area contributed by atoms with Crippen molar-refractivity contribution in [2.24, 2.45) is 0 Å². The Labute approximate surface area is 129 Å². The summed E-state index contributed by atoms with van der Waals surface area (Å²) >= 11 is 0. The summed E-state index contributed by atoms with van der Waals surface area (Å²) in [5.41, 5.74) is 3.27. The summed E-state index contributed by atoms with van der Waals surface area (Å²) < 4.78 is 52.4. The lowest BCUT2D eigenvalue weighted by Gasteiger charge is -2.09. The molecule has 118 valence electrons. The molecule has 0 aliphatic heterocycles. The topological polar surface area (TPSA) is 46.2 Å². The molecule has 2 aromatic rings. The van der Waals surface area contributed by atoms with E-state index in [1.807, 2.05) is 32.0 Å². The second kappa shape index (κ2) is 6.54. The highest BCUT2D eigenvalue weighted by atomic mass is 32.2. The Morgan fingerprint density at radius 3 is 2.36 bits per heavy atom. The van der Waals surface area contributed by atoms with Gasteiger partial charge in [0.1, 0.15) is 0 Å². The molecule has 0 saturated heterocycles. The number of aryl methyl sites for hydroxylation is 2. The van der Waals surface area contributed by atoms with E-state index in [4.69, 9.17) is 0 Å². The van der Waals surface area contributed by atoms with Crippen LogP contribution in [0, 0.1) is 25.5 Å². The smallest absolute Gasteiger partial charge is 0.211 e. The first-order valence-corrected chi connectivity index (χ1v) is 8.29. The molecular formula is C16H17F2NO2S. The predicted octanol–water partition coefficient (Wildman–Crippen LogP) is 3.10. The van der Waals surface area contributed by atoms with Crippen LogP contribution in [0.15, 0.2) is 41.3 Å². The third-order valence-corrected chi connectivity index (χ3v) is 4.84. The summed E-state index contributed by atoms with van der Waals surface area (Å²) in [7, 11) is -3.85. The molecular weight excluding hydrogens is 308 g/mol. The molecule has 0 aliphatic rings. The van der Waals surface area contributed by atoms with Crippen LogP contribution in [-0.2, 0) is 16.4 Å². The molecule has 2 aromatic carbocycles. The summed E-state index contributed by atoms with van der Waals surface area (Å²) in [4.78, 5) is -0.285. The number of sulfonamides is 1. The molecule has 0 radical (unpaired) electrons. The number of hydrogen-bond donors (Lipinski definition) is 1. The predicted molar refractivity (Wildman–Crippen MR) is 81.2 cm³/mol. The number of nitrogens with one attached hydrogen (secondary N) is 1. The zero-order valence-electron chi connectivity index (χ0n) is 12.4. The highest BCUT2D eigenvalue weighted by molar-refractivity contribution is 7.89. The first-order valence-electron chi connectivity index (χ1n) is 6.80. The molecule has 0 saturated carbocycles. The van der Waals surface area contributed by atoms with E-state index in [-0.39, 0.29) is 11.4 Å². The van der Waals surface area contributed by atoms with Crippen molar-refractivity contribution >= 4 is 10.0 Å². The number of rotatable bonds is 5. The maximum atomic E-state index is 13.1. The van der Waals surface area contributed by atoms with E-state index in [9.17, 15) is 17.2 Å². The largest absolute Gasteiger partial charge is 0.240 e. The van der Waals surface area contributed by atoms with Gasteiger partial charge in [-0.3, -0.25) is 0 Å². The van der Waals surface area contributed by atoms with Crippen LogP contribution >= 0.6 is 0 Å². The monoisotopic (exact) mass is 325 g/mol. The van der Waals surface area contributed by atoms with E-state index >= 15 is 0 Å².